The summed E-state index contributed by atoms with van der Waals surface area (Å²) in [5.74, 6) is 0.808. The molecular weight excluding hydrogens is 258 g/mol. The molecule has 2 N–H and O–H groups in total. The van der Waals surface area contributed by atoms with Gasteiger partial charge in [-0.05, 0) is 42.4 Å². The largest absolute Gasteiger partial charge is 0.326 e. The van der Waals surface area contributed by atoms with Gasteiger partial charge in [0.2, 0.25) is 0 Å². The molecule has 1 fully saturated rings. The van der Waals surface area contributed by atoms with Gasteiger partial charge in [0.15, 0.2) is 0 Å². The van der Waals surface area contributed by atoms with Gasteiger partial charge in [-0.1, -0.05) is 37.5 Å². The van der Waals surface area contributed by atoms with Gasteiger partial charge < -0.3 is 5.73 Å². The van der Waals surface area contributed by atoms with Crippen molar-refractivity contribution in [1.29, 1.82) is 0 Å². The van der Waals surface area contributed by atoms with Crippen LogP contribution >= 0.6 is 0 Å². The molecule has 1 saturated carbocycles. The second kappa shape index (κ2) is 6.44. The quantitative estimate of drug-likeness (QED) is 0.925. The molecule has 0 unspecified atom stereocenters. The third-order valence-electron chi connectivity index (χ3n) is 4.78. The van der Waals surface area contributed by atoms with E-state index in [0.29, 0.717) is 6.54 Å². The van der Waals surface area contributed by atoms with Gasteiger partial charge in [0.1, 0.15) is 0 Å². The van der Waals surface area contributed by atoms with E-state index in [1.54, 1.807) is 0 Å². The molecule has 0 atom stereocenters. The molecule has 3 rings (SSSR count). The standard InChI is InChI=1S/C18H25N3/c1-14-16(10-19)8-5-9-18(14)17-11-20-21(13-17)12-15-6-3-2-4-7-15/h5,8-9,11,13,15H,2-4,6-7,10,12,19H2,1H3. The van der Waals surface area contributed by atoms with Crippen molar-refractivity contribution in [2.75, 3.05) is 0 Å². The first-order chi connectivity index (χ1) is 10.3. The van der Waals surface area contributed by atoms with Crippen molar-refractivity contribution in [2.45, 2.75) is 52.1 Å². The number of hydrogen-bond acceptors (Lipinski definition) is 2. The predicted octanol–water partition coefficient (Wildman–Crippen LogP) is 3.90. The maximum atomic E-state index is 5.81. The van der Waals surface area contributed by atoms with Crippen molar-refractivity contribution < 1.29 is 0 Å². The van der Waals surface area contributed by atoms with Gasteiger partial charge in [0.05, 0.1) is 6.20 Å². The van der Waals surface area contributed by atoms with E-state index in [1.165, 1.54) is 54.4 Å². The molecule has 0 radical (unpaired) electrons. The zero-order valence-corrected chi connectivity index (χ0v) is 12.9. The average Bonchev–Trinajstić information content (AvgIpc) is 2.97. The van der Waals surface area contributed by atoms with E-state index in [1.807, 2.05) is 6.20 Å². The van der Waals surface area contributed by atoms with Crippen LogP contribution in [-0.2, 0) is 13.1 Å². The molecule has 1 heterocycles. The number of benzene rings is 1. The molecule has 0 amide bonds. The number of nitrogens with zero attached hydrogens (tertiary/aromatic N) is 2. The van der Waals surface area contributed by atoms with Crippen molar-refractivity contribution in [2.24, 2.45) is 11.7 Å². The summed E-state index contributed by atoms with van der Waals surface area (Å²) in [5.41, 5.74) is 10.8. The molecule has 0 aliphatic heterocycles. The van der Waals surface area contributed by atoms with Gasteiger partial charge in [-0.2, -0.15) is 5.10 Å². The second-order valence-electron chi connectivity index (χ2n) is 6.25. The molecule has 0 bridgehead atoms. The fourth-order valence-corrected chi connectivity index (χ4v) is 3.45. The van der Waals surface area contributed by atoms with Gasteiger partial charge in [0.25, 0.3) is 0 Å². The highest BCUT2D eigenvalue weighted by Crippen LogP contribution is 2.27. The molecule has 112 valence electrons. The molecule has 1 aromatic carbocycles. The Morgan fingerprint density at radius 1 is 1.24 bits per heavy atom. The van der Waals surface area contributed by atoms with Crippen LogP contribution in [0, 0.1) is 12.8 Å². The highest BCUT2D eigenvalue weighted by Gasteiger charge is 2.15. The van der Waals surface area contributed by atoms with Crippen molar-refractivity contribution in [3.8, 4) is 11.1 Å². The molecule has 1 aliphatic rings. The van der Waals surface area contributed by atoms with Gasteiger partial charge in [-0.25, -0.2) is 0 Å². The summed E-state index contributed by atoms with van der Waals surface area (Å²) in [5, 5.41) is 4.57. The molecule has 2 aromatic rings. The lowest BCUT2D eigenvalue weighted by molar-refractivity contribution is 0.308. The minimum absolute atomic E-state index is 0.593. The molecule has 21 heavy (non-hydrogen) atoms. The SMILES string of the molecule is Cc1c(CN)cccc1-c1cnn(CC2CCCCC2)c1. The zero-order valence-electron chi connectivity index (χ0n) is 12.9. The van der Waals surface area contributed by atoms with E-state index in [-0.39, 0.29) is 0 Å². The number of aromatic nitrogens is 2. The minimum Gasteiger partial charge on any atom is -0.326 e. The van der Waals surface area contributed by atoms with Gasteiger partial charge in [0, 0.05) is 24.8 Å². The highest BCUT2D eigenvalue weighted by atomic mass is 15.3. The Labute approximate surface area is 127 Å². The van der Waals surface area contributed by atoms with Crippen LogP contribution in [0.2, 0.25) is 0 Å². The van der Waals surface area contributed by atoms with Crippen molar-refractivity contribution in [3.05, 3.63) is 41.7 Å². The molecule has 3 heteroatoms. The maximum absolute atomic E-state index is 5.81. The first-order valence-corrected chi connectivity index (χ1v) is 8.09. The van der Waals surface area contributed by atoms with Crippen LogP contribution in [0.3, 0.4) is 0 Å². The van der Waals surface area contributed by atoms with Crippen LogP contribution in [0.15, 0.2) is 30.6 Å². The van der Waals surface area contributed by atoms with Crippen molar-refractivity contribution >= 4 is 0 Å². The first-order valence-electron chi connectivity index (χ1n) is 8.09. The summed E-state index contributed by atoms with van der Waals surface area (Å²) in [4.78, 5) is 0. The predicted molar refractivity (Wildman–Crippen MR) is 86.9 cm³/mol. The van der Waals surface area contributed by atoms with E-state index in [4.69, 9.17) is 5.73 Å². The maximum Gasteiger partial charge on any atom is 0.0568 e. The smallest absolute Gasteiger partial charge is 0.0568 e. The summed E-state index contributed by atoms with van der Waals surface area (Å²) in [6.07, 6.45) is 11.1. The van der Waals surface area contributed by atoms with Crippen LogP contribution in [0.5, 0.6) is 0 Å². The Hall–Kier alpha value is -1.61. The zero-order chi connectivity index (χ0) is 14.7. The Kier molecular flexibility index (Phi) is 4.39. The first kappa shape index (κ1) is 14.3. The van der Waals surface area contributed by atoms with Crippen LogP contribution in [0.4, 0.5) is 0 Å². The third-order valence-corrected chi connectivity index (χ3v) is 4.78. The average molecular weight is 283 g/mol. The molecule has 3 nitrogen and oxygen atoms in total. The molecule has 0 spiro atoms. The molecule has 1 aliphatic carbocycles. The minimum atomic E-state index is 0.593. The van der Waals surface area contributed by atoms with E-state index >= 15 is 0 Å². The number of hydrogen-bond donors (Lipinski definition) is 1. The second-order valence-corrected chi connectivity index (χ2v) is 6.25. The van der Waals surface area contributed by atoms with Gasteiger partial charge in [-0.15, -0.1) is 0 Å². The summed E-state index contributed by atoms with van der Waals surface area (Å²) in [6.45, 7) is 3.81. The lowest BCUT2D eigenvalue weighted by atomic mass is 9.89. The Bertz CT molecular complexity index is 594. The number of rotatable bonds is 4. The van der Waals surface area contributed by atoms with E-state index < -0.39 is 0 Å². The topological polar surface area (TPSA) is 43.8 Å². The normalized spacial score (nSPS) is 16.3. The van der Waals surface area contributed by atoms with E-state index in [0.717, 1.165) is 12.5 Å². The van der Waals surface area contributed by atoms with Crippen molar-refractivity contribution in [1.82, 2.24) is 9.78 Å². The highest BCUT2D eigenvalue weighted by molar-refractivity contribution is 5.67. The van der Waals surface area contributed by atoms with E-state index in [9.17, 15) is 0 Å². The molecule has 1 aromatic heterocycles. The summed E-state index contributed by atoms with van der Waals surface area (Å²) in [7, 11) is 0. The van der Waals surface area contributed by atoms with Crippen LogP contribution < -0.4 is 5.73 Å². The summed E-state index contributed by atoms with van der Waals surface area (Å²) >= 11 is 0. The summed E-state index contributed by atoms with van der Waals surface area (Å²) < 4.78 is 2.12. The monoisotopic (exact) mass is 283 g/mol. The van der Waals surface area contributed by atoms with Crippen molar-refractivity contribution in [3.63, 3.8) is 0 Å². The van der Waals surface area contributed by atoms with Gasteiger partial charge in [-0.3, -0.25) is 4.68 Å². The summed E-state index contributed by atoms with van der Waals surface area (Å²) in [6, 6.07) is 6.35. The number of nitrogens with two attached hydrogens (primary N) is 1. The fourth-order valence-electron chi connectivity index (χ4n) is 3.45. The van der Waals surface area contributed by atoms with Crippen LogP contribution in [-0.4, -0.2) is 9.78 Å². The fraction of sp³-hybridized carbons (Fsp3) is 0.500. The van der Waals surface area contributed by atoms with Gasteiger partial charge >= 0.3 is 0 Å². The molecular formula is C18H25N3. The Morgan fingerprint density at radius 2 is 2.05 bits per heavy atom. The van der Waals surface area contributed by atoms with E-state index in [2.05, 4.69) is 41.1 Å². The lowest BCUT2D eigenvalue weighted by Gasteiger charge is -2.21. The third kappa shape index (κ3) is 3.18. The lowest BCUT2D eigenvalue weighted by Crippen LogP contribution is -2.14. The molecule has 0 saturated heterocycles. The van der Waals surface area contributed by atoms with Crippen LogP contribution in [0.1, 0.15) is 43.2 Å². The Morgan fingerprint density at radius 3 is 2.81 bits per heavy atom. The van der Waals surface area contributed by atoms with Crippen LogP contribution in [0.25, 0.3) is 11.1 Å². The Balaban J connectivity index is 1.78.